The van der Waals surface area contributed by atoms with E-state index in [0.717, 1.165) is 12.1 Å². The number of nitrogens with one attached hydrogen (secondary N) is 1. The number of aromatic carboxylic acids is 1. The Balaban J connectivity index is 2.16. The molecule has 0 spiro atoms. The van der Waals surface area contributed by atoms with Crippen molar-refractivity contribution in [1.82, 2.24) is 5.09 Å². The molecule has 7 nitrogen and oxygen atoms in total. The minimum Gasteiger partial charge on any atom is -0.493 e. The lowest BCUT2D eigenvalue weighted by Crippen LogP contribution is -2.16. The van der Waals surface area contributed by atoms with Gasteiger partial charge >= 0.3 is 19.9 Å². The largest absolute Gasteiger partial charge is 0.493 e. The van der Waals surface area contributed by atoms with Gasteiger partial charge in [-0.25, -0.2) is 14.4 Å². The van der Waals surface area contributed by atoms with Gasteiger partial charge in [-0.15, -0.1) is 0 Å². The summed E-state index contributed by atoms with van der Waals surface area (Å²) in [6.45, 7) is 0.352. The van der Waals surface area contributed by atoms with Crippen molar-refractivity contribution in [2.24, 2.45) is 0 Å². The van der Waals surface area contributed by atoms with Crippen LogP contribution in [0.3, 0.4) is 0 Å². The molecule has 30 heavy (non-hydrogen) atoms. The van der Waals surface area contributed by atoms with Gasteiger partial charge in [-0.05, 0) is 42.3 Å². The summed E-state index contributed by atoms with van der Waals surface area (Å²) in [5, 5.41) is 11.8. The van der Waals surface area contributed by atoms with Crippen molar-refractivity contribution < 1.29 is 41.4 Å². The van der Waals surface area contributed by atoms with Crippen molar-refractivity contribution in [3.05, 3.63) is 53.6 Å². The summed E-state index contributed by atoms with van der Waals surface area (Å²) in [6.07, 6.45) is -4.08. The van der Waals surface area contributed by atoms with Crippen LogP contribution in [0, 0.1) is 0 Å². The van der Waals surface area contributed by atoms with Gasteiger partial charge in [-0.3, -0.25) is 0 Å². The van der Waals surface area contributed by atoms with Gasteiger partial charge in [0, 0.05) is 26.3 Å². The first-order valence-electron chi connectivity index (χ1n) is 8.74. The van der Waals surface area contributed by atoms with E-state index in [-0.39, 0.29) is 24.5 Å². The van der Waals surface area contributed by atoms with E-state index >= 15 is 0 Å². The van der Waals surface area contributed by atoms with Crippen LogP contribution >= 0.6 is 7.75 Å². The first-order chi connectivity index (χ1) is 14.1. The molecule has 0 radical (unpaired) electrons. The summed E-state index contributed by atoms with van der Waals surface area (Å²) in [7, 11) is -0.890. The second-order valence-electron chi connectivity index (χ2n) is 6.06. The van der Waals surface area contributed by atoms with E-state index in [1.807, 2.05) is 0 Å². The standard InChI is InChI=1S/C19H21F3NO6P/c1-27-30(26,28-2)23-10-3-11-29-17-12-14(18(24)25)6-9-16(17)13-4-7-15(8-5-13)19(20,21)22/h4-9,12H,3,10-11H2,1-2H3,(H,23,26)(H,24,25). The van der Waals surface area contributed by atoms with Gasteiger partial charge < -0.3 is 18.9 Å². The molecule has 0 heterocycles. The highest BCUT2D eigenvalue weighted by Gasteiger charge is 2.30. The minimum absolute atomic E-state index is 0.0259. The fourth-order valence-electron chi connectivity index (χ4n) is 2.53. The van der Waals surface area contributed by atoms with Crippen LogP contribution in [0.25, 0.3) is 11.1 Å². The number of hydrogen-bond acceptors (Lipinski definition) is 5. The van der Waals surface area contributed by atoms with Crippen LogP contribution < -0.4 is 9.82 Å². The van der Waals surface area contributed by atoms with E-state index in [2.05, 4.69) is 5.09 Å². The molecule has 0 unspecified atom stereocenters. The Hall–Kier alpha value is -2.39. The molecule has 0 bridgehead atoms. The van der Waals surface area contributed by atoms with E-state index in [9.17, 15) is 27.6 Å². The molecule has 164 valence electrons. The number of ether oxygens (including phenoxy) is 1. The second-order valence-corrected chi connectivity index (χ2v) is 8.11. The van der Waals surface area contributed by atoms with E-state index in [1.54, 1.807) is 0 Å². The monoisotopic (exact) mass is 447 g/mol. The van der Waals surface area contributed by atoms with Gasteiger partial charge in [-0.2, -0.15) is 13.2 Å². The first-order valence-corrected chi connectivity index (χ1v) is 10.3. The number of carboxylic acids is 1. The number of carboxylic acid groups (broad SMARTS) is 1. The van der Waals surface area contributed by atoms with Crippen LogP contribution in [0.5, 0.6) is 5.75 Å². The predicted molar refractivity (Wildman–Crippen MR) is 104 cm³/mol. The van der Waals surface area contributed by atoms with Gasteiger partial charge in [0.1, 0.15) is 5.75 Å². The number of carbonyl (C=O) groups is 1. The number of alkyl halides is 3. The molecule has 0 amide bonds. The Kier molecular flexibility index (Phi) is 8.03. The lowest BCUT2D eigenvalue weighted by Gasteiger charge is -2.16. The average Bonchev–Trinajstić information content (AvgIpc) is 2.72. The molecular formula is C19H21F3NO6P. The van der Waals surface area contributed by atoms with E-state index in [0.29, 0.717) is 17.5 Å². The molecule has 11 heteroatoms. The van der Waals surface area contributed by atoms with Crippen LogP contribution in [-0.2, 0) is 19.8 Å². The van der Waals surface area contributed by atoms with Crippen molar-refractivity contribution in [3.8, 4) is 16.9 Å². The SMILES string of the molecule is COP(=O)(NCCCOc1cc(C(=O)O)ccc1-c1ccc(C(F)(F)F)cc1)OC. The fraction of sp³-hybridized carbons (Fsp3) is 0.316. The average molecular weight is 447 g/mol. The van der Waals surface area contributed by atoms with Crippen LogP contribution in [0.1, 0.15) is 22.3 Å². The molecule has 0 saturated heterocycles. The molecule has 0 fully saturated rings. The van der Waals surface area contributed by atoms with Gasteiger partial charge in [-0.1, -0.05) is 12.1 Å². The number of halogens is 3. The summed E-state index contributed by atoms with van der Waals surface area (Å²) in [4.78, 5) is 11.3. The van der Waals surface area contributed by atoms with Crippen molar-refractivity contribution in [2.75, 3.05) is 27.4 Å². The van der Waals surface area contributed by atoms with Crippen molar-refractivity contribution in [2.45, 2.75) is 12.6 Å². The third-order valence-corrected chi connectivity index (χ3v) is 5.69. The van der Waals surface area contributed by atoms with Crippen LogP contribution in [-0.4, -0.2) is 38.4 Å². The van der Waals surface area contributed by atoms with Crippen LogP contribution in [0.2, 0.25) is 0 Å². The maximum atomic E-state index is 12.8. The van der Waals surface area contributed by atoms with Gasteiger partial charge in [0.15, 0.2) is 0 Å². The fourth-order valence-corrected chi connectivity index (χ4v) is 3.37. The molecule has 0 aromatic heterocycles. The molecular weight excluding hydrogens is 426 g/mol. The minimum atomic E-state index is -4.46. The quantitative estimate of drug-likeness (QED) is 0.398. The van der Waals surface area contributed by atoms with Crippen molar-refractivity contribution >= 4 is 13.7 Å². The molecule has 0 atom stereocenters. The highest BCUT2D eigenvalue weighted by molar-refractivity contribution is 7.51. The Morgan fingerprint density at radius 3 is 2.27 bits per heavy atom. The molecule has 0 aliphatic carbocycles. The number of benzene rings is 2. The smallest absolute Gasteiger partial charge is 0.416 e. The maximum Gasteiger partial charge on any atom is 0.416 e. The molecule has 2 aromatic carbocycles. The van der Waals surface area contributed by atoms with Gasteiger partial charge in [0.2, 0.25) is 0 Å². The Morgan fingerprint density at radius 1 is 1.10 bits per heavy atom. The highest BCUT2D eigenvalue weighted by atomic mass is 31.2. The van der Waals surface area contributed by atoms with E-state index in [4.69, 9.17) is 13.8 Å². The molecule has 0 aliphatic rings. The van der Waals surface area contributed by atoms with E-state index < -0.39 is 25.5 Å². The van der Waals surface area contributed by atoms with Gasteiger partial charge in [0.25, 0.3) is 0 Å². The topological polar surface area (TPSA) is 94.1 Å². The van der Waals surface area contributed by atoms with Crippen molar-refractivity contribution in [1.29, 1.82) is 0 Å². The molecule has 0 saturated carbocycles. The predicted octanol–water partition coefficient (Wildman–Crippen LogP) is 4.83. The lowest BCUT2D eigenvalue weighted by molar-refractivity contribution is -0.137. The summed E-state index contributed by atoms with van der Waals surface area (Å²) >= 11 is 0. The first kappa shape index (κ1) is 23.9. The summed E-state index contributed by atoms with van der Waals surface area (Å²) in [6, 6.07) is 8.60. The molecule has 2 aromatic rings. The third kappa shape index (κ3) is 6.30. The molecule has 2 rings (SSSR count). The zero-order valence-electron chi connectivity index (χ0n) is 16.2. The number of hydrogen-bond donors (Lipinski definition) is 2. The van der Waals surface area contributed by atoms with Crippen LogP contribution in [0.4, 0.5) is 13.2 Å². The number of rotatable bonds is 10. The molecule has 0 aliphatic heterocycles. The summed E-state index contributed by atoms with van der Waals surface area (Å²) in [5.74, 6) is -0.960. The molecule has 2 N–H and O–H groups in total. The zero-order valence-corrected chi connectivity index (χ0v) is 17.1. The normalized spacial score (nSPS) is 12.0. The summed E-state index contributed by atoms with van der Waals surface area (Å²) < 4.78 is 65.4. The maximum absolute atomic E-state index is 12.8. The Morgan fingerprint density at radius 2 is 1.73 bits per heavy atom. The third-order valence-electron chi connectivity index (χ3n) is 4.12. The lowest BCUT2D eigenvalue weighted by atomic mass is 10.0. The summed E-state index contributed by atoms with van der Waals surface area (Å²) in [5.41, 5.74) is 0.0715. The zero-order chi connectivity index (χ0) is 22.4. The van der Waals surface area contributed by atoms with E-state index in [1.165, 1.54) is 44.6 Å². The Labute approximate surface area is 171 Å². The second kappa shape index (κ2) is 10.1. The Bertz CT molecular complexity index is 909. The highest BCUT2D eigenvalue weighted by Crippen LogP contribution is 2.41. The van der Waals surface area contributed by atoms with Crippen LogP contribution in [0.15, 0.2) is 42.5 Å². The van der Waals surface area contributed by atoms with Crippen molar-refractivity contribution in [3.63, 3.8) is 0 Å². The van der Waals surface area contributed by atoms with Gasteiger partial charge in [0.05, 0.1) is 17.7 Å².